The van der Waals surface area contributed by atoms with E-state index in [9.17, 15) is 19.2 Å². The van der Waals surface area contributed by atoms with Crippen LogP contribution in [-0.4, -0.2) is 14.5 Å². The van der Waals surface area contributed by atoms with Gasteiger partial charge in [0.15, 0.2) is 0 Å². The summed E-state index contributed by atoms with van der Waals surface area (Å²) < 4.78 is 6.81. The van der Waals surface area contributed by atoms with Crippen LogP contribution in [0.25, 0.3) is 44.1 Å². The maximum atomic E-state index is 12.9. The van der Waals surface area contributed by atoms with Crippen molar-refractivity contribution >= 4 is 32.8 Å². The van der Waals surface area contributed by atoms with E-state index in [-0.39, 0.29) is 28.4 Å². The van der Waals surface area contributed by atoms with E-state index in [4.69, 9.17) is 4.42 Å². The fourth-order valence-electron chi connectivity index (χ4n) is 4.22. The van der Waals surface area contributed by atoms with Crippen LogP contribution in [0.5, 0.6) is 0 Å². The molecule has 0 atom stereocenters. The lowest BCUT2D eigenvalue weighted by Gasteiger charge is -2.03. The Balaban J connectivity index is 1.44. The molecule has 3 aromatic carbocycles. The minimum atomic E-state index is -0.766. The number of aromatic nitrogens is 3. The van der Waals surface area contributed by atoms with E-state index in [0.29, 0.717) is 11.3 Å². The van der Waals surface area contributed by atoms with E-state index >= 15 is 0 Å². The van der Waals surface area contributed by atoms with Crippen molar-refractivity contribution in [3.05, 3.63) is 114 Å². The highest BCUT2D eigenvalue weighted by Crippen LogP contribution is 2.27. The molecule has 3 aromatic heterocycles. The van der Waals surface area contributed by atoms with E-state index < -0.39 is 22.0 Å². The Kier molecular flexibility index (Phi) is 3.97. The van der Waals surface area contributed by atoms with Gasteiger partial charge in [0.1, 0.15) is 33.1 Å². The highest BCUT2D eigenvalue weighted by Gasteiger charge is 2.22. The van der Waals surface area contributed by atoms with Gasteiger partial charge in [-0.3, -0.25) is 23.7 Å². The zero-order valence-electron chi connectivity index (χ0n) is 17.0. The minimum absolute atomic E-state index is 0.0283. The number of para-hydroxylation sites is 1. The van der Waals surface area contributed by atoms with Gasteiger partial charge in [0.25, 0.3) is 11.1 Å². The average molecular weight is 437 g/mol. The molecule has 0 unspecified atom stereocenters. The summed E-state index contributed by atoms with van der Waals surface area (Å²) in [6.07, 6.45) is 2.89. The molecule has 8 nitrogen and oxygen atoms in total. The van der Waals surface area contributed by atoms with E-state index in [1.54, 1.807) is 12.1 Å². The number of nitrogens with zero attached hydrogens (tertiary/aromatic N) is 1. The first-order valence-corrected chi connectivity index (χ1v) is 10.2. The molecular formula is C25H15N3O5. The lowest BCUT2D eigenvalue weighted by molar-refractivity contribution is 0.631. The molecule has 6 aromatic rings. The summed E-state index contributed by atoms with van der Waals surface area (Å²) in [7, 11) is 0. The first-order valence-electron chi connectivity index (χ1n) is 10.2. The molecule has 0 aliphatic carbocycles. The Morgan fingerprint density at radius 3 is 1.97 bits per heavy atom. The van der Waals surface area contributed by atoms with Crippen molar-refractivity contribution in [2.24, 2.45) is 0 Å². The second-order valence-corrected chi connectivity index (χ2v) is 7.82. The van der Waals surface area contributed by atoms with Gasteiger partial charge in [-0.05, 0) is 17.7 Å². The molecule has 2 N–H and O–H groups in total. The zero-order valence-corrected chi connectivity index (χ0v) is 17.0. The number of fused-ring (bicyclic) bond motifs is 3. The molecule has 0 radical (unpaired) electrons. The number of hydrogen-bond acceptors (Lipinski definition) is 5. The van der Waals surface area contributed by atoms with Gasteiger partial charge in [-0.15, -0.1) is 0 Å². The van der Waals surface area contributed by atoms with Crippen LogP contribution in [0.15, 0.2) is 90.6 Å². The van der Waals surface area contributed by atoms with Gasteiger partial charge in [-0.1, -0.05) is 42.5 Å². The van der Waals surface area contributed by atoms with Gasteiger partial charge in [-0.25, -0.2) is 0 Å². The van der Waals surface area contributed by atoms with Crippen molar-refractivity contribution in [2.75, 3.05) is 0 Å². The Morgan fingerprint density at radius 1 is 0.758 bits per heavy atom. The zero-order chi connectivity index (χ0) is 22.7. The number of furan rings is 1. The van der Waals surface area contributed by atoms with Gasteiger partial charge >= 0.3 is 0 Å². The third kappa shape index (κ3) is 2.77. The van der Waals surface area contributed by atoms with Gasteiger partial charge in [0.05, 0.1) is 6.54 Å². The fraction of sp³-hybridized carbons (Fsp3) is 0.0400. The molecular weight excluding hydrogens is 422 g/mol. The van der Waals surface area contributed by atoms with Gasteiger partial charge in [-0.2, -0.15) is 0 Å². The highest BCUT2D eigenvalue weighted by atomic mass is 16.3. The van der Waals surface area contributed by atoms with Crippen molar-refractivity contribution in [2.45, 2.75) is 6.54 Å². The smallest absolute Gasteiger partial charge is 0.266 e. The van der Waals surface area contributed by atoms with Crippen molar-refractivity contribution in [1.82, 2.24) is 14.5 Å². The second-order valence-electron chi connectivity index (χ2n) is 7.82. The summed E-state index contributed by atoms with van der Waals surface area (Å²) in [4.78, 5) is 56.9. The molecule has 3 heterocycles. The quantitative estimate of drug-likeness (QED) is 0.441. The molecule has 0 aliphatic rings. The third-order valence-corrected chi connectivity index (χ3v) is 5.87. The lowest BCUT2D eigenvalue weighted by Crippen LogP contribution is -2.27. The van der Waals surface area contributed by atoms with E-state index in [0.717, 1.165) is 21.1 Å². The van der Waals surface area contributed by atoms with Crippen molar-refractivity contribution < 1.29 is 4.42 Å². The van der Waals surface area contributed by atoms with Gasteiger partial charge in [0.2, 0.25) is 10.9 Å². The minimum Gasteiger partial charge on any atom is -0.456 e. The fourth-order valence-corrected chi connectivity index (χ4v) is 4.22. The Hall–Kier alpha value is -4.72. The number of H-pyrrole nitrogens is 2. The van der Waals surface area contributed by atoms with E-state index in [1.165, 1.54) is 12.4 Å². The SMILES string of the molecule is O=c1c2[nH]cc[nH]c2c(=O)c2c(=O)n(Cc3ccc(-c4cc5ccccc5o4)cc3)c(=O)c12. The van der Waals surface area contributed by atoms with Crippen LogP contribution in [-0.2, 0) is 6.54 Å². The van der Waals surface area contributed by atoms with Crippen LogP contribution < -0.4 is 22.0 Å². The number of benzene rings is 3. The molecule has 0 spiro atoms. The number of rotatable bonds is 3. The Labute approximate surface area is 183 Å². The third-order valence-electron chi connectivity index (χ3n) is 5.87. The normalized spacial score (nSPS) is 11.6. The van der Waals surface area contributed by atoms with Crippen LogP contribution in [0.4, 0.5) is 0 Å². The number of aromatic amines is 2. The van der Waals surface area contributed by atoms with Crippen LogP contribution in [0.1, 0.15) is 5.56 Å². The first-order chi connectivity index (χ1) is 16.0. The van der Waals surface area contributed by atoms with Crippen molar-refractivity contribution in [1.29, 1.82) is 0 Å². The molecule has 0 fully saturated rings. The molecule has 160 valence electrons. The predicted octanol–water partition coefficient (Wildman–Crippen LogP) is 2.79. The van der Waals surface area contributed by atoms with Gasteiger partial charge in [0, 0.05) is 23.3 Å². The predicted molar refractivity (Wildman–Crippen MR) is 125 cm³/mol. The van der Waals surface area contributed by atoms with E-state index in [2.05, 4.69) is 9.97 Å². The molecule has 0 saturated heterocycles. The number of hydrogen-bond donors (Lipinski definition) is 2. The summed E-state index contributed by atoms with van der Waals surface area (Å²) >= 11 is 0. The lowest BCUT2D eigenvalue weighted by atomic mass is 10.1. The van der Waals surface area contributed by atoms with Crippen LogP contribution in [0.3, 0.4) is 0 Å². The molecule has 33 heavy (non-hydrogen) atoms. The molecule has 0 bridgehead atoms. The van der Waals surface area contributed by atoms with E-state index in [1.807, 2.05) is 42.5 Å². The van der Waals surface area contributed by atoms with Crippen LogP contribution in [0.2, 0.25) is 0 Å². The standard InChI is InChI=1S/C25H15N3O5/c29-22-18-19(23(30)21-20(22)26-9-10-27-21)25(32)28(24(18)31)12-13-5-7-14(8-6-13)17-11-15-3-1-2-4-16(15)33-17/h1-11,26-27H,12H2. The second kappa shape index (κ2) is 6.89. The molecule has 6 rings (SSSR count). The largest absolute Gasteiger partial charge is 0.456 e. The Bertz CT molecular complexity index is 1810. The van der Waals surface area contributed by atoms with Gasteiger partial charge < -0.3 is 14.4 Å². The summed E-state index contributed by atoms with van der Waals surface area (Å²) in [6, 6.07) is 16.9. The van der Waals surface area contributed by atoms with Crippen molar-refractivity contribution in [3.8, 4) is 11.3 Å². The summed E-state index contributed by atoms with van der Waals surface area (Å²) in [5, 5.41) is 0.228. The highest BCUT2D eigenvalue weighted by molar-refractivity contribution is 5.94. The number of nitrogens with one attached hydrogen (secondary N) is 2. The first kappa shape index (κ1) is 19.0. The molecule has 0 aliphatic heterocycles. The summed E-state index contributed by atoms with van der Waals surface area (Å²) in [5.74, 6) is 0.703. The van der Waals surface area contributed by atoms with Crippen LogP contribution >= 0.6 is 0 Å². The molecule has 0 amide bonds. The maximum Gasteiger partial charge on any atom is 0.266 e. The van der Waals surface area contributed by atoms with Crippen LogP contribution in [0, 0.1) is 0 Å². The Morgan fingerprint density at radius 2 is 1.36 bits per heavy atom. The summed E-state index contributed by atoms with van der Waals surface area (Å²) in [6.45, 7) is -0.0601. The maximum absolute atomic E-state index is 12.9. The average Bonchev–Trinajstić information content (AvgIpc) is 3.38. The topological polar surface area (TPSA) is 118 Å². The van der Waals surface area contributed by atoms with Crippen molar-refractivity contribution in [3.63, 3.8) is 0 Å². The monoisotopic (exact) mass is 437 g/mol. The molecule has 8 heteroatoms. The summed E-state index contributed by atoms with van der Waals surface area (Å²) in [5.41, 5.74) is -0.624. The molecule has 0 saturated carbocycles.